The van der Waals surface area contributed by atoms with E-state index in [1.54, 1.807) is 21.1 Å². The van der Waals surface area contributed by atoms with Crippen LogP contribution in [-0.2, 0) is 28.6 Å². The van der Waals surface area contributed by atoms with Gasteiger partial charge in [0.2, 0.25) is 0 Å². The van der Waals surface area contributed by atoms with Crippen molar-refractivity contribution in [1.29, 1.82) is 0 Å². The molecule has 0 atom stereocenters. The molecular formula is C16H30BNO6. The Morgan fingerprint density at radius 2 is 0.958 bits per heavy atom. The van der Waals surface area contributed by atoms with Gasteiger partial charge in [-0.3, -0.25) is 14.4 Å². The van der Waals surface area contributed by atoms with Crippen LogP contribution in [0.25, 0.3) is 0 Å². The lowest BCUT2D eigenvalue weighted by Crippen LogP contribution is -2.64. The third kappa shape index (κ3) is 7.81. The molecule has 0 rings (SSSR count). The van der Waals surface area contributed by atoms with Crippen LogP contribution in [0.1, 0.15) is 59.3 Å². The first-order valence-corrected chi connectivity index (χ1v) is 8.08. The van der Waals surface area contributed by atoms with Crippen LogP contribution in [0.5, 0.6) is 0 Å². The van der Waals surface area contributed by atoms with Crippen molar-refractivity contribution >= 4 is 26.3 Å². The average Bonchev–Trinajstić information content (AvgIpc) is 2.37. The van der Waals surface area contributed by atoms with Crippen LogP contribution < -0.4 is 0 Å². The second-order valence-corrected chi connectivity index (χ2v) is 6.21. The van der Waals surface area contributed by atoms with Gasteiger partial charge in [-0.05, 0) is 19.3 Å². The van der Waals surface area contributed by atoms with Crippen molar-refractivity contribution in [3.8, 4) is 0 Å². The van der Waals surface area contributed by atoms with Gasteiger partial charge < -0.3 is 22.6 Å². The second-order valence-electron chi connectivity index (χ2n) is 6.21. The van der Waals surface area contributed by atoms with Crippen molar-refractivity contribution in [3.63, 3.8) is 0 Å². The van der Waals surface area contributed by atoms with Crippen molar-refractivity contribution in [2.24, 2.45) is 0 Å². The summed E-state index contributed by atoms with van der Waals surface area (Å²) in [6.45, 7) is 5.46. The van der Waals surface area contributed by atoms with Gasteiger partial charge in [-0.25, -0.2) is 4.48 Å². The number of nitrogens with zero attached hydrogens (tertiary/aromatic N) is 1. The Morgan fingerprint density at radius 3 is 1.12 bits per heavy atom. The van der Waals surface area contributed by atoms with Crippen LogP contribution in [0, 0.1) is 0 Å². The summed E-state index contributed by atoms with van der Waals surface area (Å²) in [5.41, 5.74) is 0. The first-order chi connectivity index (χ1) is 10.6. The normalized spacial score (nSPS) is 11.2. The molecule has 0 saturated heterocycles. The Labute approximate surface area is 146 Å². The molecule has 0 bridgehead atoms. The van der Waals surface area contributed by atoms with Crippen LogP contribution in [0.15, 0.2) is 0 Å². The third-order valence-corrected chi connectivity index (χ3v) is 2.91. The third-order valence-electron chi connectivity index (χ3n) is 2.91. The maximum Gasteiger partial charge on any atom is 0.597 e. The zero-order valence-electron chi connectivity index (χ0n) is 15.7. The van der Waals surface area contributed by atoms with Crippen molar-refractivity contribution in [1.82, 2.24) is 0 Å². The first-order valence-electron chi connectivity index (χ1n) is 8.08. The van der Waals surface area contributed by atoms with Gasteiger partial charge in [0.05, 0.1) is 21.1 Å². The predicted octanol–water partition coefficient (Wildman–Crippen LogP) is 1.95. The van der Waals surface area contributed by atoms with Gasteiger partial charge in [0.25, 0.3) is 0 Å². The fourth-order valence-electron chi connectivity index (χ4n) is 1.67. The SMILES string of the molecule is CCCC(=O)OC(OC(=O)CCC)(OC(=O)CCC)[N+](C)(C)C.[B-]. The van der Waals surface area contributed by atoms with Crippen molar-refractivity contribution in [3.05, 3.63) is 0 Å². The lowest BCUT2D eigenvalue weighted by Gasteiger charge is -2.39. The Kier molecular flexibility index (Phi) is 11.4. The summed E-state index contributed by atoms with van der Waals surface area (Å²) in [6.07, 6.45) is 0.00753. The van der Waals surface area contributed by atoms with E-state index in [1.165, 1.54) is 0 Å². The molecule has 0 unspecified atom stereocenters. The van der Waals surface area contributed by atoms with Crippen LogP contribution in [0.3, 0.4) is 0 Å². The van der Waals surface area contributed by atoms with Gasteiger partial charge in [-0.2, -0.15) is 0 Å². The molecule has 0 aromatic carbocycles. The standard InChI is InChI=1S/C16H30NO6.B/c1-7-10-13(18)21-16(17(4,5)6,22-14(19)11-8-2)23-15(20)12-9-3;/h7-12H2,1-6H3;/q+1;-1. The highest BCUT2D eigenvalue weighted by Gasteiger charge is 2.57. The molecule has 4 radical (unpaired) electrons. The van der Waals surface area contributed by atoms with Gasteiger partial charge in [0.1, 0.15) is 0 Å². The van der Waals surface area contributed by atoms with E-state index in [9.17, 15) is 14.4 Å². The highest BCUT2D eigenvalue weighted by Crippen LogP contribution is 2.27. The van der Waals surface area contributed by atoms with E-state index >= 15 is 0 Å². The van der Waals surface area contributed by atoms with Gasteiger partial charge in [0.15, 0.2) is 0 Å². The largest absolute Gasteiger partial charge is 1.00 e. The Bertz CT molecular complexity index is 369. The maximum atomic E-state index is 12.0. The molecule has 0 heterocycles. The molecule has 0 saturated carbocycles. The number of quaternary nitrogens is 1. The summed E-state index contributed by atoms with van der Waals surface area (Å²) in [5, 5.41) is 0. The number of ether oxygens (including phenoxy) is 3. The van der Waals surface area contributed by atoms with Crippen LogP contribution in [0.2, 0.25) is 0 Å². The smallest absolute Gasteiger partial charge is 0.597 e. The molecule has 24 heavy (non-hydrogen) atoms. The Morgan fingerprint density at radius 1 is 0.708 bits per heavy atom. The molecular weight excluding hydrogens is 313 g/mol. The quantitative estimate of drug-likeness (QED) is 0.261. The van der Waals surface area contributed by atoms with E-state index < -0.39 is 24.0 Å². The molecule has 0 N–H and O–H groups in total. The topological polar surface area (TPSA) is 78.9 Å². The van der Waals surface area contributed by atoms with Crippen LogP contribution >= 0.6 is 0 Å². The number of hydrogen-bond donors (Lipinski definition) is 0. The molecule has 138 valence electrons. The first kappa shape index (κ1) is 24.7. The lowest BCUT2D eigenvalue weighted by molar-refractivity contribution is -1.00. The zero-order chi connectivity index (χ0) is 18.1. The van der Waals surface area contributed by atoms with E-state index in [0.717, 1.165) is 0 Å². The molecule has 0 aromatic rings. The summed E-state index contributed by atoms with van der Waals surface area (Å²) < 4.78 is 15.8. The van der Waals surface area contributed by atoms with Crippen LogP contribution in [-0.4, -0.2) is 58.0 Å². The minimum Gasteiger partial charge on any atom is -1.00 e. The number of rotatable bonds is 10. The molecule has 0 aliphatic carbocycles. The van der Waals surface area contributed by atoms with E-state index in [4.69, 9.17) is 14.2 Å². The second kappa shape index (κ2) is 11.1. The summed E-state index contributed by atoms with van der Waals surface area (Å²) in [6, 6.07) is 0. The minimum absolute atomic E-state index is 0. The summed E-state index contributed by atoms with van der Waals surface area (Å²) >= 11 is 0. The number of hydrogen-bond acceptors (Lipinski definition) is 6. The summed E-state index contributed by atoms with van der Waals surface area (Å²) in [7, 11) is 4.87. The molecule has 0 aliphatic rings. The highest BCUT2D eigenvalue weighted by atomic mass is 16.9. The van der Waals surface area contributed by atoms with Crippen molar-refractivity contribution in [2.75, 3.05) is 21.1 Å². The van der Waals surface area contributed by atoms with Gasteiger partial charge in [-0.15, -0.1) is 0 Å². The monoisotopic (exact) mass is 343 g/mol. The van der Waals surface area contributed by atoms with Crippen LogP contribution in [0.4, 0.5) is 0 Å². The molecule has 0 spiro atoms. The number of carbonyl (C=O) groups excluding carboxylic acids is 3. The van der Waals surface area contributed by atoms with E-state index in [2.05, 4.69) is 0 Å². The van der Waals surface area contributed by atoms with E-state index in [1.807, 2.05) is 20.8 Å². The molecule has 0 aliphatic heterocycles. The minimum atomic E-state index is -2.11. The summed E-state index contributed by atoms with van der Waals surface area (Å²) in [4.78, 5) is 35.9. The molecule has 0 aromatic heterocycles. The van der Waals surface area contributed by atoms with Crippen molar-refractivity contribution < 1.29 is 33.1 Å². The van der Waals surface area contributed by atoms with Gasteiger partial charge in [-0.1, -0.05) is 20.8 Å². The Balaban J connectivity index is 0. The Hall–Kier alpha value is -1.57. The highest BCUT2D eigenvalue weighted by molar-refractivity contribution is 5.75. The predicted molar refractivity (Wildman–Crippen MR) is 89.5 cm³/mol. The fourth-order valence-corrected chi connectivity index (χ4v) is 1.67. The van der Waals surface area contributed by atoms with Gasteiger partial charge in [0, 0.05) is 19.3 Å². The van der Waals surface area contributed by atoms with E-state index in [0.29, 0.717) is 19.3 Å². The molecule has 0 amide bonds. The number of carbonyl (C=O) groups is 3. The maximum absolute atomic E-state index is 12.0. The average molecular weight is 343 g/mol. The molecule has 8 heteroatoms. The fraction of sp³-hybridized carbons (Fsp3) is 0.812. The number of esters is 3. The lowest BCUT2D eigenvalue weighted by atomic mass is 10.3. The molecule has 0 fully saturated rings. The molecule has 7 nitrogen and oxygen atoms in total. The van der Waals surface area contributed by atoms with E-state index in [-0.39, 0.29) is 32.2 Å². The van der Waals surface area contributed by atoms with Crippen molar-refractivity contribution in [2.45, 2.75) is 65.4 Å². The summed E-state index contributed by atoms with van der Waals surface area (Å²) in [5.74, 6) is -1.77. The zero-order valence-corrected chi connectivity index (χ0v) is 15.7. The van der Waals surface area contributed by atoms with Gasteiger partial charge >= 0.3 is 24.0 Å².